The number of hydrogen-bond acceptors (Lipinski definition) is 8. The van der Waals surface area contributed by atoms with E-state index in [1.807, 2.05) is 0 Å². The van der Waals surface area contributed by atoms with E-state index in [9.17, 15) is 26.3 Å². The Bertz CT molecular complexity index is 654. The molecule has 18 heteroatoms. The van der Waals surface area contributed by atoms with Gasteiger partial charge in [-0.15, -0.1) is 0 Å². The highest BCUT2D eigenvalue weighted by molar-refractivity contribution is 6.61. The summed E-state index contributed by atoms with van der Waals surface area (Å²) in [6, 6.07) is -1.43. The molecule has 0 N–H and O–H groups in total. The largest absolute Gasteiger partial charge is 0.501 e. The fourth-order valence-electron chi connectivity index (χ4n) is 4.13. The Hall–Kier alpha value is -0.446. The molecule has 1 aliphatic heterocycles. The van der Waals surface area contributed by atoms with E-state index in [4.69, 9.17) is 26.6 Å². The van der Waals surface area contributed by atoms with E-state index in [2.05, 4.69) is 9.47 Å². The van der Waals surface area contributed by atoms with E-state index < -0.39 is 72.4 Å². The van der Waals surface area contributed by atoms with Crippen LogP contribution in [0.15, 0.2) is 0 Å². The second-order valence-corrected chi connectivity index (χ2v) is 13.7. The first-order chi connectivity index (χ1) is 17.9. The van der Waals surface area contributed by atoms with Gasteiger partial charge in [0.25, 0.3) is 11.7 Å². The third-order valence-electron chi connectivity index (χ3n) is 5.61. The molecule has 0 aliphatic carbocycles. The van der Waals surface area contributed by atoms with Gasteiger partial charge in [0.2, 0.25) is 0 Å². The van der Waals surface area contributed by atoms with E-state index in [0.29, 0.717) is 0 Å². The lowest BCUT2D eigenvalue weighted by molar-refractivity contribution is -0.459. The Kier molecular flexibility index (Phi) is 13.3. The first-order valence-corrected chi connectivity index (χ1v) is 16.6. The van der Waals surface area contributed by atoms with Gasteiger partial charge >= 0.3 is 35.7 Å². The zero-order chi connectivity index (χ0) is 30.2. The molecule has 0 saturated carbocycles. The molecule has 1 heterocycles. The fraction of sp³-hybridized carbons (Fsp3) is 1.00. The number of rotatable bonds is 18. The molecule has 1 saturated heterocycles. The van der Waals surface area contributed by atoms with Crippen molar-refractivity contribution in [2.24, 2.45) is 0 Å². The van der Waals surface area contributed by atoms with E-state index in [1.165, 1.54) is 41.5 Å². The molecule has 0 spiro atoms. The minimum absolute atomic E-state index is 0.0378. The van der Waals surface area contributed by atoms with Crippen molar-refractivity contribution in [2.45, 2.75) is 96.3 Å². The summed E-state index contributed by atoms with van der Waals surface area (Å²) in [5.74, 6) is -14.1. The second kappa shape index (κ2) is 14.1. The summed E-state index contributed by atoms with van der Waals surface area (Å²) in [7, 11) is -7.76. The first-order valence-electron chi connectivity index (χ1n) is 12.7. The first kappa shape index (κ1) is 36.6. The van der Waals surface area contributed by atoms with E-state index in [0.717, 1.165) is 0 Å². The predicted octanol–water partition coefficient (Wildman–Crippen LogP) is 6.06. The lowest BCUT2D eigenvalue weighted by Crippen LogP contribution is -2.59. The molecule has 234 valence electrons. The zero-order valence-corrected chi connectivity index (χ0v) is 24.9. The molecule has 0 radical (unpaired) electrons. The lowest BCUT2D eigenvalue weighted by atomic mass is 10.0. The highest BCUT2D eigenvalue weighted by Gasteiger charge is 2.86. The van der Waals surface area contributed by atoms with Gasteiger partial charge in [-0.3, -0.25) is 9.47 Å². The minimum Gasteiger partial charge on any atom is -0.374 e. The number of alkyl halides is 8. The smallest absolute Gasteiger partial charge is 0.374 e. The van der Waals surface area contributed by atoms with Crippen LogP contribution in [0.1, 0.15) is 54.4 Å². The normalized spacial score (nSPS) is 24.5. The van der Waals surface area contributed by atoms with Gasteiger partial charge in [-0.2, -0.15) is 26.3 Å². The van der Waals surface area contributed by atoms with Gasteiger partial charge in [0, 0.05) is 64.6 Å². The standard InChI is InChI=1S/C21H38F8O8Si2/c1-7-30-38(31-8-2,32-9-3)15-13-17(22)18(23,14-16-39(33-10-4,34-11-5)35-12-6)37-19(36-17,20(24,25)26)21(27,28)29/h7-16H2,1-6H3. The van der Waals surface area contributed by atoms with Gasteiger partial charge < -0.3 is 26.6 Å². The molecule has 0 aromatic heterocycles. The van der Waals surface area contributed by atoms with E-state index in [1.54, 1.807) is 0 Å². The Labute approximate surface area is 225 Å². The number of hydrogen-bond donors (Lipinski definition) is 0. The Morgan fingerprint density at radius 3 is 0.923 bits per heavy atom. The lowest BCUT2D eigenvalue weighted by Gasteiger charge is -2.35. The third-order valence-corrected chi connectivity index (χ3v) is 11.7. The van der Waals surface area contributed by atoms with Crippen molar-refractivity contribution in [1.29, 1.82) is 0 Å². The van der Waals surface area contributed by atoms with Crippen LogP contribution in [-0.4, -0.2) is 87.1 Å². The second-order valence-electron chi connectivity index (χ2n) is 8.24. The summed E-state index contributed by atoms with van der Waals surface area (Å²) in [5, 5.41) is 0. The molecule has 0 amide bonds. The molecule has 1 fully saturated rings. The topological polar surface area (TPSA) is 73.8 Å². The third kappa shape index (κ3) is 8.10. The van der Waals surface area contributed by atoms with Crippen molar-refractivity contribution < 1.29 is 71.2 Å². The van der Waals surface area contributed by atoms with Gasteiger partial charge in [-0.25, -0.2) is 8.78 Å². The van der Waals surface area contributed by atoms with Crippen molar-refractivity contribution in [2.75, 3.05) is 39.6 Å². The summed E-state index contributed by atoms with van der Waals surface area (Å²) < 4.78 is 157. The minimum atomic E-state index is -6.40. The van der Waals surface area contributed by atoms with Crippen molar-refractivity contribution in [3.8, 4) is 0 Å². The van der Waals surface area contributed by atoms with Crippen LogP contribution >= 0.6 is 0 Å². The van der Waals surface area contributed by atoms with Crippen LogP contribution in [-0.2, 0) is 36.0 Å². The molecule has 39 heavy (non-hydrogen) atoms. The molecule has 2 atom stereocenters. The zero-order valence-electron chi connectivity index (χ0n) is 22.9. The average Bonchev–Trinajstić information content (AvgIpc) is 3.07. The van der Waals surface area contributed by atoms with Crippen LogP contribution in [0, 0.1) is 0 Å². The van der Waals surface area contributed by atoms with Gasteiger partial charge in [-0.05, 0) is 41.5 Å². The maximum Gasteiger partial charge on any atom is 0.501 e. The van der Waals surface area contributed by atoms with Crippen LogP contribution in [0.2, 0.25) is 12.1 Å². The molecule has 8 nitrogen and oxygen atoms in total. The average molecular weight is 627 g/mol. The van der Waals surface area contributed by atoms with Gasteiger partial charge in [-0.1, -0.05) is 0 Å². The summed E-state index contributed by atoms with van der Waals surface area (Å²) in [4.78, 5) is 0. The molecule has 1 rings (SSSR count). The Balaban J connectivity index is 3.61. The molecular formula is C21H38F8O8Si2. The number of halogens is 8. The quantitative estimate of drug-likeness (QED) is 0.134. The maximum atomic E-state index is 16.3. The Morgan fingerprint density at radius 1 is 0.513 bits per heavy atom. The molecule has 0 aromatic carbocycles. The summed E-state index contributed by atoms with van der Waals surface area (Å²) in [6.07, 6.45) is -15.6. The van der Waals surface area contributed by atoms with Crippen LogP contribution in [0.5, 0.6) is 0 Å². The molecule has 1 aliphatic rings. The van der Waals surface area contributed by atoms with Gasteiger partial charge in [0.15, 0.2) is 0 Å². The molecule has 2 unspecified atom stereocenters. The van der Waals surface area contributed by atoms with Gasteiger partial charge in [0.05, 0.1) is 0 Å². The van der Waals surface area contributed by atoms with E-state index >= 15 is 8.78 Å². The van der Waals surface area contributed by atoms with Crippen LogP contribution in [0.3, 0.4) is 0 Å². The van der Waals surface area contributed by atoms with Crippen molar-refractivity contribution in [3.63, 3.8) is 0 Å². The highest BCUT2D eigenvalue weighted by atomic mass is 28.4. The maximum absolute atomic E-state index is 16.3. The Morgan fingerprint density at radius 2 is 0.744 bits per heavy atom. The molecular weight excluding hydrogens is 588 g/mol. The number of ether oxygens (including phenoxy) is 2. The monoisotopic (exact) mass is 626 g/mol. The van der Waals surface area contributed by atoms with Crippen LogP contribution in [0.4, 0.5) is 35.1 Å². The summed E-state index contributed by atoms with van der Waals surface area (Å²) in [5.41, 5.74) is 0. The van der Waals surface area contributed by atoms with Crippen molar-refractivity contribution >= 4 is 17.6 Å². The van der Waals surface area contributed by atoms with Crippen LogP contribution < -0.4 is 0 Å². The van der Waals surface area contributed by atoms with E-state index in [-0.39, 0.29) is 39.6 Å². The fourth-order valence-corrected chi connectivity index (χ4v) is 9.39. The molecule has 0 bridgehead atoms. The predicted molar refractivity (Wildman–Crippen MR) is 125 cm³/mol. The molecule has 0 aromatic rings. The van der Waals surface area contributed by atoms with Crippen molar-refractivity contribution in [3.05, 3.63) is 0 Å². The SMILES string of the molecule is CCO[Si](CCC1(F)OC(C(F)(F)F)(C(F)(F)F)OC1(F)CC[Si](OCC)(OCC)OCC)(OCC)OCC. The van der Waals surface area contributed by atoms with Crippen molar-refractivity contribution in [1.82, 2.24) is 0 Å². The van der Waals surface area contributed by atoms with Crippen LogP contribution in [0.25, 0.3) is 0 Å². The highest BCUT2D eigenvalue weighted by Crippen LogP contribution is 2.61. The summed E-state index contributed by atoms with van der Waals surface area (Å²) >= 11 is 0. The van der Waals surface area contributed by atoms with Gasteiger partial charge in [0.1, 0.15) is 0 Å². The summed E-state index contributed by atoms with van der Waals surface area (Å²) in [6.45, 7) is 8.92.